The Morgan fingerprint density at radius 2 is 2.04 bits per heavy atom. The Labute approximate surface area is 137 Å². The molecule has 1 aliphatic carbocycles. The summed E-state index contributed by atoms with van der Waals surface area (Å²) in [5, 5.41) is 5.89. The first-order chi connectivity index (χ1) is 11.2. The number of nitrogens with one attached hydrogen (secondary N) is 2. The first-order valence-electron chi connectivity index (χ1n) is 8.06. The molecular weight excluding hydrogens is 292 g/mol. The Kier molecular flexibility index (Phi) is 6.81. The van der Waals surface area contributed by atoms with Crippen LogP contribution in [0.1, 0.15) is 42.5 Å². The highest BCUT2D eigenvalue weighted by Gasteiger charge is 2.13. The zero-order valence-electron chi connectivity index (χ0n) is 13.6. The van der Waals surface area contributed by atoms with Crippen LogP contribution in [0, 0.1) is 0 Å². The fraction of sp³-hybridized carbons (Fsp3) is 0.444. The molecule has 1 aromatic rings. The number of hydrogen-bond donors (Lipinski definition) is 2. The number of rotatable bonds is 7. The van der Waals surface area contributed by atoms with Crippen molar-refractivity contribution < 1.29 is 14.3 Å². The maximum Gasteiger partial charge on any atom is 0.339 e. The van der Waals surface area contributed by atoms with Gasteiger partial charge in [-0.15, -0.1) is 0 Å². The van der Waals surface area contributed by atoms with E-state index in [4.69, 9.17) is 4.74 Å². The van der Waals surface area contributed by atoms with E-state index < -0.39 is 5.97 Å². The summed E-state index contributed by atoms with van der Waals surface area (Å²) in [6, 6.07) is 6.82. The summed E-state index contributed by atoms with van der Waals surface area (Å²) < 4.78 is 4.71. The van der Waals surface area contributed by atoms with Crippen LogP contribution in [-0.4, -0.2) is 32.1 Å². The van der Waals surface area contributed by atoms with E-state index in [2.05, 4.69) is 16.7 Å². The van der Waals surface area contributed by atoms with Gasteiger partial charge in [-0.05, 0) is 50.8 Å². The summed E-state index contributed by atoms with van der Waals surface area (Å²) in [6.45, 7) is 1.01. The van der Waals surface area contributed by atoms with E-state index in [1.54, 1.807) is 24.3 Å². The van der Waals surface area contributed by atoms with Crippen molar-refractivity contribution in [2.45, 2.75) is 32.1 Å². The smallest absolute Gasteiger partial charge is 0.339 e. The Morgan fingerprint density at radius 3 is 2.78 bits per heavy atom. The van der Waals surface area contributed by atoms with Gasteiger partial charge < -0.3 is 15.4 Å². The van der Waals surface area contributed by atoms with Crippen molar-refractivity contribution in [2.24, 2.45) is 0 Å². The van der Waals surface area contributed by atoms with Crippen molar-refractivity contribution in [3.05, 3.63) is 41.5 Å². The lowest BCUT2D eigenvalue weighted by Crippen LogP contribution is -2.29. The number of ether oxygens (including phenoxy) is 1. The van der Waals surface area contributed by atoms with E-state index in [-0.39, 0.29) is 12.5 Å². The van der Waals surface area contributed by atoms with Crippen molar-refractivity contribution in [1.82, 2.24) is 5.32 Å². The van der Waals surface area contributed by atoms with E-state index >= 15 is 0 Å². The first-order valence-corrected chi connectivity index (χ1v) is 8.06. The maximum absolute atomic E-state index is 12.0. The van der Waals surface area contributed by atoms with Crippen molar-refractivity contribution in [3.63, 3.8) is 0 Å². The molecule has 5 nitrogen and oxygen atoms in total. The molecule has 23 heavy (non-hydrogen) atoms. The highest BCUT2D eigenvalue weighted by atomic mass is 16.5. The minimum Gasteiger partial charge on any atom is -0.465 e. The third-order valence-electron chi connectivity index (χ3n) is 3.90. The molecule has 0 atom stereocenters. The van der Waals surface area contributed by atoms with Gasteiger partial charge in [0.1, 0.15) is 0 Å². The first kappa shape index (κ1) is 17.2. The topological polar surface area (TPSA) is 67.4 Å². The van der Waals surface area contributed by atoms with Crippen LogP contribution in [0.3, 0.4) is 0 Å². The highest BCUT2D eigenvalue weighted by Crippen LogP contribution is 2.19. The molecule has 0 saturated heterocycles. The summed E-state index contributed by atoms with van der Waals surface area (Å²) >= 11 is 0. The average Bonchev–Trinajstić information content (AvgIpc) is 2.59. The molecule has 0 aliphatic heterocycles. The van der Waals surface area contributed by atoms with E-state index in [0.29, 0.717) is 11.3 Å². The third kappa shape index (κ3) is 5.53. The molecule has 124 valence electrons. The molecule has 0 bridgehead atoms. The maximum atomic E-state index is 12.0. The lowest BCUT2D eigenvalue weighted by Gasteiger charge is -2.13. The van der Waals surface area contributed by atoms with Crippen molar-refractivity contribution in [2.75, 3.05) is 25.5 Å². The highest BCUT2D eigenvalue weighted by molar-refractivity contribution is 6.01. The lowest BCUT2D eigenvalue weighted by molar-refractivity contribution is -0.115. The van der Waals surface area contributed by atoms with E-state index in [9.17, 15) is 9.59 Å². The number of esters is 1. The quantitative estimate of drug-likeness (QED) is 0.461. The van der Waals surface area contributed by atoms with Crippen molar-refractivity contribution in [3.8, 4) is 0 Å². The number of hydrogen-bond acceptors (Lipinski definition) is 4. The molecule has 0 spiro atoms. The Balaban J connectivity index is 1.76. The summed E-state index contributed by atoms with van der Waals surface area (Å²) in [7, 11) is 1.32. The number of methoxy groups -OCH3 is 1. The van der Waals surface area contributed by atoms with Gasteiger partial charge in [0.15, 0.2) is 0 Å². The predicted molar refractivity (Wildman–Crippen MR) is 90.4 cm³/mol. The van der Waals surface area contributed by atoms with E-state index in [1.807, 2.05) is 0 Å². The van der Waals surface area contributed by atoms with Gasteiger partial charge in [0, 0.05) is 0 Å². The number of carbonyl (C=O) groups is 2. The molecule has 1 aromatic carbocycles. The minimum absolute atomic E-state index is 0.168. The van der Waals surface area contributed by atoms with Gasteiger partial charge in [0.05, 0.1) is 24.9 Å². The van der Waals surface area contributed by atoms with E-state index in [0.717, 1.165) is 13.0 Å². The van der Waals surface area contributed by atoms with Gasteiger partial charge in [-0.2, -0.15) is 0 Å². The number of amides is 1. The molecule has 0 unspecified atom stereocenters. The largest absolute Gasteiger partial charge is 0.465 e. The van der Waals surface area contributed by atoms with Crippen LogP contribution < -0.4 is 10.6 Å². The number of allylic oxidation sites excluding steroid dienone is 1. The second-order valence-corrected chi connectivity index (χ2v) is 5.62. The summed E-state index contributed by atoms with van der Waals surface area (Å²) in [6.07, 6.45) is 8.24. The number of para-hydroxylation sites is 1. The second kappa shape index (κ2) is 9.10. The molecule has 0 fully saturated rings. The second-order valence-electron chi connectivity index (χ2n) is 5.62. The van der Waals surface area contributed by atoms with Gasteiger partial charge in [-0.3, -0.25) is 4.79 Å². The van der Waals surface area contributed by atoms with Gasteiger partial charge in [-0.25, -0.2) is 4.79 Å². The standard InChI is InChI=1S/C18H24N2O3/c1-23-18(22)15-9-5-6-10-16(15)20-17(21)13-19-12-11-14-7-3-2-4-8-14/h5-7,9-10,19H,2-4,8,11-13H2,1H3,(H,20,21). The van der Waals surface area contributed by atoms with Gasteiger partial charge in [-0.1, -0.05) is 23.8 Å². The number of carbonyl (C=O) groups excluding carboxylic acids is 2. The van der Waals surface area contributed by atoms with Crippen LogP contribution in [0.2, 0.25) is 0 Å². The molecule has 0 radical (unpaired) electrons. The third-order valence-corrected chi connectivity index (χ3v) is 3.90. The summed E-state index contributed by atoms with van der Waals surface area (Å²) in [4.78, 5) is 23.6. The monoisotopic (exact) mass is 316 g/mol. The lowest BCUT2D eigenvalue weighted by atomic mass is 9.97. The van der Waals surface area contributed by atoms with Gasteiger partial charge in [0.2, 0.25) is 5.91 Å². The molecular formula is C18H24N2O3. The normalized spacial score (nSPS) is 14.0. The minimum atomic E-state index is -0.460. The molecule has 0 saturated carbocycles. The Bertz CT molecular complexity index is 581. The molecule has 1 amide bonds. The van der Waals surface area contributed by atoms with E-state index in [1.165, 1.54) is 38.4 Å². The number of benzene rings is 1. The summed E-state index contributed by atoms with van der Waals surface area (Å²) in [5.41, 5.74) is 2.32. The SMILES string of the molecule is COC(=O)c1ccccc1NC(=O)CNCCC1=CCCCC1. The fourth-order valence-electron chi connectivity index (χ4n) is 2.66. The van der Waals surface area contributed by atoms with Gasteiger partial charge >= 0.3 is 5.97 Å². The van der Waals surface area contributed by atoms with Gasteiger partial charge in [0.25, 0.3) is 0 Å². The molecule has 1 aliphatic rings. The van der Waals surface area contributed by atoms with Crippen LogP contribution in [0.25, 0.3) is 0 Å². The van der Waals surface area contributed by atoms with Crippen molar-refractivity contribution >= 4 is 17.6 Å². The Hall–Kier alpha value is -2.14. The van der Waals surface area contributed by atoms with Crippen molar-refractivity contribution in [1.29, 1.82) is 0 Å². The van der Waals surface area contributed by atoms with Crippen LogP contribution >= 0.6 is 0 Å². The predicted octanol–water partition coefficient (Wildman–Crippen LogP) is 2.89. The zero-order valence-corrected chi connectivity index (χ0v) is 13.6. The zero-order chi connectivity index (χ0) is 16.5. The van der Waals surface area contributed by atoms with Crippen LogP contribution in [0.4, 0.5) is 5.69 Å². The van der Waals surface area contributed by atoms with Crippen LogP contribution in [-0.2, 0) is 9.53 Å². The molecule has 0 aromatic heterocycles. The Morgan fingerprint density at radius 1 is 1.22 bits per heavy atom. The van der Waals surface area contributed by atoms with Crippen LogP contribution in [0.15, 0.2) is 35.9 Å². The number of anilines is 1. The molecule has 2 rings (SSSR count). The molecule has 5 heteroatoms. The molecule has 0 heterocycles. The average molecular weight is 316 g/mol. The molecule has 2 N–H and O–H groups in total. The fourth-order valence-corrected chi connectivity index (χ4v) is 2.66. The van der Waals surface area contributed by atoms with Crippen LogP contribution in [0.5, 0.6) is 0 Å². The summed E-state index contributed by atoms with van der Waals surface area (Å²) in [5.74, 6) is -0.628.